The Balaban J connectivity index is 1.22. The highest BCUT2D eigenvalue weighted by Gasteiger charge is 2.23. The van der Waals surface area contributed by atoms with Gasteiger partial charge in [0, 0.05) is 49.6 Å². The third-order valence-electron chi connectivity index (χ3n) is 6.14. The maximum atomic E-state index is 13.4. The average Bonchev–Trinajstić information content (AvgIpc) is 3.45. The van der Waals surface area contributed by atoms with Gasteiger partial charge < -0.3 is 9.80 Å². The zero-order valence-electron chi connectivity index (χ0n) is 19.1. The monoisotopic (exact) mass is 448 g/mol. The van der Waals surface area contributed by atoms with E-state index in [2.05, 4.69) is 10.2 Å². The van der Waals surface area contributed by atoms with Gasteiger partial charge in [0.05, 0.1) is 5.69 Å². The molecule has 0 atom stereocenters. The van der Waals surface area contributed by atoms with Gasteiger partial charge in [-0.2, -0.15) is 5.10 Å². The first-order valence-corrected chi connectivity index (χ1v) is 11.4. The third-order valence-corrected chi connectivity index (χ3v) is 6.14. The molecule has 1 aliphatic heterocycles. The van der Waals surface area contributed by atoms with Crippen molar-refractivity contribution in [1.82, 2.24) is 15.1 Å². The van der Waals surface area contributed by atoms with Gasteiger partial charge in [-0.25, -0.2) is 4.39 Å². The molecule has 0 saturated heterocycles. The lowest BCUT2D eigenvalue weighted by Gasteiger charge is -2.18. The summed E-state index contributed by atoms with van der Waals surface area (Å²) in [4.78, 5) is 28.0. The number of aryl methyl sites for hydroxylation is 1. The van der Waals surface area contributed by atoms with Crippen LogP contribution in [0.2, 0.25) is 0 Å². The van der Waals surface area contributed by atoms with E-state index in [4.69, 9.17) is 0 Å². The number of nitrogens with zero attached hydrogens (tertiary/aromatic N) is 3. The summed E-state index contributed by atoms with van der Waals surface area (Å²) in [7, 11) is 1.83. The molecule has 2 amide bonds. The summed E-state index contributed by atoms with van der Waals surface area (Å²) >= 11 is 0. The van der Waals surface area contributed by atoms with E-state index in [1.165, 1.54) is 12.1 Å². The van der Waals surface area contributed by atoms with E-state index >= 15 is 0 Å². The van der Waals surface area contributed by atoms with Gasteiger partial charge in [-0.05, 0) is 67.6 Å². The molecular weight excluding hydrogens is 419 g/mol. The predicted molar refractivity (Wildman–Crippen MR) is 127 cm³/mol. The number of H-pyrrole nitrogens is 1. The molecule has 0 saturated carbocycles. The summed E-state index contributed by atoms with van der Waals surface area (Å²) in [6, 6.07) is 14.0. The second kappa shape index (κ2) is 9.98. The van der Waals surface area contributed by atoms with Crippen molar-refractivity contribution in [3.63, 3.8) is 0 Å². The summed E-state index contributed by atoms with van der Waals surface area (Å²) in [6.07, 6.45) is 4.53. The van der Waals surface area contributed by atoms with E-state index in [1.807, 2.05) is 37.4 Å². The Bertz CT molecular complexity index is 1160. The molecule has 4 rings (SSSR count). The Morgan fingerprint density at radius 1 is 1.12 bits per heavy atom. The standard InChI is InChI=1S/C26H29FN4O2/c1-18(32)31-14-12-20-15-21(10-11-25(20)31)26(33)30(2)13-5-3-4-9-23-17-24(29-28-23)19-7-6-8-22(27)16-19/h6-8,10-11,15-17H,3-5,9,12-14H2,1-2H3,(H,28,29). The number of aromatic amines is 1. The number of halogens is 1. The number of carbonyl (C=O) groups excluding carboxylic acids is 2. The molecule has 0 unspecified atom stereocenters. The molecule has 0 fully saturated rings. The van der Waals surface area contributed by atoms with Crippen molar-refractivity contribution in [1.29, 1.82) is 0 Å². The number of aromatic nitrogens is 2. The van der Waals surface area contributed by atoms with E-state index in [0.29, 0.717) is 18.7 Å². The topological polar surface area (TPSA) is 69.3 Å². The van der Waals surface area contributed by atoms with Crippen LogP contribution in [-0.2, 0) is 17.6 Å². The van der Waals surface area contributed by atoms with Crippen molar-refractivity contribution in [3.8, 4) is 11.3 Å². The third kappa shape index (κ3) is 5.30. The number of carbonyl (C=O) groups is 2. The van der Waals surface area contributed by atoms with Gasteiger partial charge >= 0.3 is 0 Å². The van der Waals surface area contributed by atoms with Gasteiger partial charge in [0.15, 0.2) is 0 Å². The van der Waals surface area contributed by atoms with E-state index < -0.39 is 0 Å². The van der Waals surface area contributed by atoms with Gasteiger partial charge in [-0.1, -0.05) is 18.6 Å². The molecular formula is C26H29FN4O2. The van der Waals surface area contributed by atoms with E-state index in [1.54, 1.807) is 22.8 Å². The van der Waals surface area contributed by atoms with Crippen LogP contribution in [0.4, 0.5) is 10.1 Å². The molecule has 0 bridgehead atoms. The highest BCUT2D eigenvalue weighted by Crippen LogP contribution is 2.29. The minimum atomic E-state index is -0.270. The molecule has 172 valence electrons. The number of hydrogen-bond donors (Lipinski definition) is 1. The van der Waals surface area contributed by atoms with Crippen LogP contribution in [0.15, 0.2) is 48.5 Å². The number of fused-ring (bicyclic) bond motifs is 1. The predicted octanol–water partition coefficient (Wildman–Crippen LogP) is 4.61. The van der Waals surface area contributed by atoms with Crippen molar-refractivity contribution < 1.29 is 14.0 Å². The van der Waals surface area contributed by atoms with Crippen LogP contribution in [0.5, 0.6) is 0 Å². The van der Waals surface area contributed by atoms with Crippen molar-refractivity contribution in [2.24, 2.45) is 0 Å². The molecule has 6 nitrogen and oxygen atoms in total. The number of hydrogen-bond acceptors (Lipinski definition) is 3. The van der Waals surface area contributed by atoms with Crippen molar-refractivity contribution in [2.45, 2.75) is 39.0 Å². The number of rotatable bonds is 8. The van der Waals surface area contributed by atoms with Crippen LogP contribution in [0, 0.1) is 5.82 Å². The molecule has 0 spiro atoms. The molecule has 3 aromatic rings. The molecule has 1 N–H and O–H groups in total. The number of amides is 2. The minimum absolute atomic E-state index is 0.00683. The Labute approximate surface area is 193 Å². The molecule has 33 heavy (non-hydrogen) atoms. The van der Waals surface area contributed by atoms with Gasteiger partial charge in [0.2, 0.25) is 5.91 Å². The Hall–Kier alpha value is -3.48. The summed E-state index contributed by atoms with van der Waals surface area (Å²) in [5.74, 6) is -0.230. The molecule has 1 aliphatic rings. The summed E-state index contributed by atoms with van der Waals surface area (Å²) in [5, 5.41) is 7.32. The number of anilines is 1. The lowest BCUT2D eigenvalue weighted by molar-refractivity contribution is -0.116. The molecule has 0 aliphatic carbocycles. The van der Waals surface area contributed by atoms with Crippen LogP contribution < -0.4 is 4.90 Å². The van der Waals surface area contributed by atoms with Crippen molar-refractivity contribution in [3.05, 3.63) is 71.2 Å². The molecule has 0 radical (unpaired) electrons. The van der Waals surface area contributed by atoms with E-state index in [0.717, 1.165) is 60.3 Å². The summed E-state index contributed by atoms with van der Waals surface area (Å²) in [5.41, 5.74) is 5.18. The van der Waals surface area contributed by atoms with Crippen LogP contribution >= 0.6 is 0 Å². The fraction of sp³-hybridized carbons (Fsp3) is 0.346. The zero-order chi connectivity index (χ0) is 23.4. The smallest absolute Gasteiger partial charge is 0.253 e. The van der Waals surface area contributed by atoms with Crippen LogP contribution in [0.3, 0.4) is 0 Å². The van der Waals surface area contributed by atoms with Gasteiger partial charge in [-0.3, -0.25) is 14.7 Å². The van der Waals surface area contributed by atoms with E-state index in [9.17, 15) is 14.0 Å². The largest absolute Gasteiger partial charge is 0.342 e. The first-order valence-electron chi connectivity index (χ1n) is 11.4. The lowest BCUT2D eigenvalue weighted by atomic mass is 10.1. The molecule has 7 heteroatoms. The van der Waals surface area contributed by atoms with Gasteiger partial charge in [0.25, 0.3) is 5.91 Å². The SMILES string of the molecule is CC(=O)N1CCc2cc(C(=O)N(C)CCCCCc3cc(-c4cccc(F)c4)n[nH]3)ccc21. The normalized spacial score (nSPS) is 12.6. The maximum Gasteiger partial charge on any atom is 0.253 e. The number of nitrogens with one attached hydrogen (secondary N) is 1. The van der Waals surface area contributed by atoms with Crippen molar-refractivity contribution in [2.75, 3.05) is 25.0 Å². The first kappa shape index (κ1) is 22.7. The number of benzene rings is 2. The first-order chi connectivity index (χ1) is 15.9. The molecule has 2 aromatic carbocycles. The highest BCUT2D eigenvalue weighted by atomic mass is 19.1. The Kier molecular flexibility index (Phi) is 6.87. The lowest BCUT2D eigenvalue weighted by Crippen LogP contribution is -2.28. The van der Waals surface area contributed by atoms with E-state index in [-0.39, 0.29) is 17.6 Å². The maximum absolute atomic E-state index is 13.4. The summed E-state index contributed by atoms with van der Waals surface area (Å²) in [6.45, 7) is 2.93. The minimum Gasteiger partial charge on any atom is -0.342 e. The zero-order valence-corrected chi connectivity index (χ0v) is 19.1. The fourth-order valence-electron chi connectivity index (χ4n) is 4.31. The second-order valence-corrected chi connectivity index (χ2v) is 8.59. The van der Waals surface area contributed by atoms with Crippen LogP contribution in [0.1, 0.15) is 47.8 Å². The fourth-order valence-corrected chi connectivity index (χ4v) is 4.31. The van der Waals surface area contributed by atoms with Crippen LogP contribution in [0.25, 0.3) is 11.3 Å². The Morgan fingerprint density at radius 2 is 1.97 bits per heavy atom. The summed E-state index contributed by atoms with van der Waals surface area (Å²) < 4.78 is 13.4. The highest BCUT2D eigenvalue weighted by molar-refractivity contribution is 5.97. The number of unbranched alkanes of at least 4 members (excludes halogenated alkanes) is 2. The van der Waals surface area contributed by atoms with Crippen molar-refractivity contribution >= 4 is 17.5 Å². The molecule has 1 aromatic heterocycles. The van der Waals surface area contributed by atoms with Gasteiger partial charge in [-0.15, -0.1) is 0 Å². The Morgan fingerprint density at radius 3 is 2.76 bits per heavy atom. The molecule has 2 heterocycles. The van der Waals surface area contributed by atoms with Crippen LogP contribution in [-0.4, -0.2) is 47.0 Å². The van der Waals surface area contributed by atoms with Gasteiger partial charge in [0.1, 0.15) is 5.82 Å². The average molecular weight is 449 g/mol. The second-order valence-electron chi connectivity index (χ2n) is 8.59. The quantitative estimate of drug-likeness (QED) is 0.512.